The molecule has 31 heavy (non-hydrogen) atoms. The highest BCUT2D eigenvalue weighted by Gasteiger charge is 2.31. The lowest BCUT2D eigenvalue weighted by Crippen LogP contribution is -2.50. The maximum absolute atomic E-state index is 13.2. The van der Waals surface area contributed by atoms with Crippen molar-refractivity contribution in [3.63, 3.8) is 0 Å². The van der Waals surface area contributed by atoms with Crippen molar-refractivity contribution in [1.82, 2.24) is 14.1 Å². The number of benzene rings is 1. The second kappa shape index (κ2) is 9.86. The molecule has 0 saturated carbocycles. The third-order valence-corrected chi connectivity index (χ3v) is 7.77. The third-order valence-electron chi connectivity index (χ3n) is 5.87. The van der Waals surface area contributed by atoms with Gasteiger partial charge in [-0.1, -0.05) is 6.92 Å². The molecule has 1 aromatic rings. The number of sulfonamides is 1. The number of methoxy groups -OCH3 is 1. The summed E-state index contributed by atoms with van der Waals surface area (Å²) in [6.07, 6.45) is 1.26. The third kappa shape index (κ3) is 5.12. The van der Waals surface area contributed by atoms with Crippen LogP contribution in [0, 0.1) is 5.92 Å². The smallest absolute Gasteiger partial charge is 0.409 e. The summed E-state index contributed by atoms with van der Waals surface area (Å²) in [4.78, 5) is 28.3. The quantitative estimate of drug-likeness (QED) is 0.677. The van der Waals surface area contributed by atoms with Crippen molar-refractivity contribution < 1.29 is 27.5 Å². The van der Waals surface area contributed by atoms with Crippen molar-refractivity contribution >= 4 is 22.0 Å². The molecule has 2 fully saturated rings. The predicted molar refractivity (Wildman–Crippen MR) is 115 cm³/mol. The van der Waals surface area contributed by atoms with E-state index in [2.05, 4.69) is 6.92 Å². The zero-order valence-electron chi connectivity index (χ0n) is 18.4. The van der Waals surface area contributed by atoms with Gasteiger partial charge in [-0.05, 0) is 43.9 Å². The standard InChI is InChI=1S/C21H31N3O6S/c1-4-30-21(26)23-13-11-22(12-14-23)20(25)18-15-17(5-6-19(18)29-3)31(27,28)24-9-7-16(2)8-10-24/h5-6,15-16H,4,7-14H2,1-3H3. The number of carbonyl (C=O) groups excluding carboxylic acids is 2. The van der Waals surface area contributed by atoms with Crippen molar-refractivity contribution in [1.29, 1.82) is 0 Å². The lowest BCUT2D eigenvalue weighted by Gasteiger charge is -2.34. The van der Waals surface area contributed by atoms with E-state index in [1.807, 2.05) is 0 Å². The molecule has 0 spiro atoms. The van der Waals surface area contributed by atoms with E-state index in [1.54, 1.807) is 16.7 Å². The largest absolute Gasteiger partial charge is 0.496 e. The van der Waals surface area contributed by atoms with E-state index in [-0.39, 0.29) is 16.4 Å². The lowest BCUT2D eigenvalue weighted by molar-refractivity contribution is 0.0567. The van der Waals surface area contributed by atoms with Gasteiger partial charge in [0.25, 0.3) is 5.91 Å². The average Bonchev–Trinajstić information content (AvgIpc) is 2.78. The minimum Gasteiger partial charge on any atom is -0.496 e. The van der Waals surface area contributed by atoms with Crippen LogP contribution in [0.15, 0.2) is 23.1 Å². The van der Waals surface area contributed by atoms with E-state index in [9.17, 15) is 18.0 Å². The fraction of sp³-hybridized carbons (Fsp3) is 0.619. The zero-order valence-corrected chi connectivity index (χ0v) is 19.2. The predicted octanol–water partition coefficient (Wildman–Crippen LogP) is 2.03. The number of piperidine rings is 1. The Balaban J connectivity index is 1.78. The monoisotopic (exact) mass is 453 g/mol. The van der Waals surface area contributed by atoms with Crippen LogP contribution in [-0.2, 0) is 14.8 Å². The molecule has 3 rings (SSSR count). The first-order valence-electron chi connectivity index (χ1n) is 10.7. The van der Waals surface area contributed by atoms with Crippen molar-refractivity contribution in [2.24, 2.45) is 5.92 Å². The number of amides is 2. The van der Waals surface area contributed by atoms with Gasteiger partial charge < -0.3 is 19.3 Å². The summed E-state index contributed by atoms with van der Waals surface area (Å²) in [6.45, 7) is 6.51. The highest BCUT2D eigenvalue weighted by Crippen LogP contribution is 2.28. The molecule has 2 amide bonds. The summed E-state index contributed by atoms with van der Waals surface area (Å²) in [6, 6.07) is 4.43. The molecule has 10 heteroatoms. The molecule has 2 saturated heterocycles. The first kappa shape index (κ1) is 23.3. The number of piperazine rings is 1. The van der Waals surface area contributed by atoms with Crippen LogP contribution in [0.4, 0.5) is 4.79 Å². The van der Waals surface area contributed by atoms with E-state index in [0.717, 1.165) is 12.8 Å². The maximum atomic E-state index is 13.2. The van der Waals surface area contributed by atoms with E-state index in [1.165, 1.54) is 29.6 Å². The molecule has 0 atom stereocenters. The van der Waals surface area contributed by atoms with Gasteiger partial charge in [0.2, 0.25) is 10.0 Å². The molecule has 0 N–H and O–H groups in total. The molecule has 2 aliphatic heterocycles. The number of hydrogen-bond donors (Lipinski definition) is 0. The summed E-state index contributed by atoms with van der Waals surface area (Å²) in [5, 5.41) is 0. The van der Waals surface area contributed by atoms with Gasteiger partial charge in [0.1, 0.15) is 5.75 Å². The van der Waals surface area contributed by atoms with Crippen molar-refractivity contribution in [2.45, 2.75) is 31.6 Å². The van der Waals surface area contributed by atoms with Crippen molar-refractivity contribution in [2.75, 3.05) is 53.0 Å². The van der Waals surface area contributed by atoms with Crippen LogP contribution in [0.3, 0.4) is 0 Å². The number of nitrogens with zero attached hydrogens (tertiary/aromatic N) is 3. The first-order valence-corrected chi connectivity index (χ1v) is 12.1. The Labute approximate surface area is 183 Å². The van der Waals surface area contributed by atoms with Gasteiger partial charge in [0.15, 0.2) is 0 Å². The van der Waals surface area contributed by atoms with Crippen LogP contribution in [0.25, 0.3) is 0 Å². The van der Waals surface area contributed by atoms with Gasteiger partial charge in [0, 0.05) is 39.3 Å². The van der Waals surface area contributed by atoms with Crippen molar-refractivity contribution in [3.05, 3.63) is 23.8 Å². The Morgan fingerprint density at radius 2 is 1.65 bits per heavy atom. The maximum Gasteiger partial charge on any atom is 0.409 e. The molecule has 0 aromatic heterocycles. The van der Waals surface area contributed by atoms with Gasteiger partial charge in [0.05, 0.1) is 24.2 Å². The minimum atomic E-state index is -3.69. The molecule has 0 unspecified atom stereocenters. The zero-order chi connectivity index (χ0) is 22.6. The fourth-order valence-electron chi connectivity index (χ4n) is 3.87. The van der Waals surface area contributed by atoms with Crippen LogP contribution >= 0.6 is 0 Å². The molecule has 172 valence electrons. The van der Waals surface area contributed by atoms with Gasteiger partial charge >= 0.3 is 6.09 Å². The second-order valence-corrected chi connectivity index (χ2v) is 9.86. The van der Waals surface area contributed by atoms with Crippen LogP contribution in [-0.4, -0.2) is 87.5 Å². The van der Waals surface area contributed by atoms with Gasteiger partial charge in [-0.15, -0.1) is 0 Å². The number of carbonyl (C=O) groups is 2. The first-order chi connectivity index (χ1) is 14.8. The molecular weight excluding hydrogens is 422 g/mol. The van der Waals surface area contributed by atoms with Gasteiger partial charge in [-0.3, -0.25) is 4.79 Å². The molecule has 2 aliphatic rings. The van der Waals surface area contributed by atoms with Gasteiger partial charge in [-0.25, -0.2) is 13.2 Å². The Morgan fingerprint density at radius 3 is 2.23 bits per heavy atom. The van der Waals surface area contributed by atoms with Gasteiger partial charge in [-0.2, -0.15) is 4.31 Å². The number of rotatable bonds is 5. The molecule has 0 bridgehead atoms. The normalized spacial score (nSPS) is 18.7. The molecular formula is C21H31N3O6S. The minimum absolute atomic E-state index is 0.0939. The van der Waals surface area contributed by atoms with Crippen LogP contribution < -0.4 is 4.74 Å². The summed E-state index contributed by atoms with van der Waals surface area (Å²) in [5.74, 6) is 0.515. The molecule has 1 aromatic carbocycles. The van der Waals surface area contributed by atoms with E-state index in [4.69, 9.17) is 9.47 Å². The Bertz CT molecular complexity index is 904. The number of ether oxygens (including phenoxy) is 2. The summed E-state index contributed by atoms with van der Waals surface area (Å²) in [7, 11) is -2.24. The summed E-state index contributed by atoms with van der Waals surface area (Å²) in [5.41, 5.74) is 0.207. The molecule has 2 heterocycles. The van der Waals surface area contributed by atoms with Crippen molar-refractivity contribution in [3.8, 4) is 5.75 Å². The highest BCUT2D eigenvalue weighted by atomic mass is 32.2. The van der Waals surface area contributed by atoms with E-state index >= 15 is 0 Å². The highest BCUT2D eigenvalue weighted by molar-refractivity contribution is 7.89. The Kier molecular flexibility index (Phi) is 7.42. The Hall–Kier alpha value is -2.33. The SMILES string of the molecule is CCOC(=O)N1CCN(C(=O)c2cc(S(=O)(=O)N3CCC(C)CC3)ccc2OC)CC1. The molecule has 9 nitrogen and oxygen atoms in total. The molecule has 0 radical (unpaired) electrons. The number of hydrogen-bond acceptors (Lipinski definition) is 6. The second-order valence-electron chi connectivity index (χ2n) is 7.93. The van der Waals surface area contributed by atoms with E-state index in [0.29, 0.717) is 57.5 Å². The van der Waals surface area contributed by atoms with Crippen LogP contribution in [0.5, 0.6) is 5.75 Å². The summed E-state index contributed by atoms with van der Waals surface area (Å²) >= 11 is 0. The van der Waals surface area contributed by atoms with Crippen LogP contribution in [0.1, 0.15) is 37.0 Å². The topological polar surface area (TPSA) is 96.5 Å². The fourth-order valence-corrected chi connectivity index (χ4v) is 5.36. The van der Waals surface area contributed by atoms with E-state index < -0.39 is 16.1 Å². The van der Waals surface area contributed by atoms with Crippen LogP contribution in [0.2, 0.25) is 0 Å². The lowest BCUT2D eigenvalue weighted by atomic mass is 10.0. The average molecular weight is 454 g/mol. The summed E-state index contributed by atoms with van der Waals surface area (Å²) < 4.78 is 38.1. The Morgan fingerprint density at radius 1 is 1.03 bits per heavy atom. The molecule has 0 aliphatic carbocycles.